The van der Waals surface area contributed by atoms with E-state index in [2.05, 4.69) is 38.1 Å². The summed E-state index contributed by atoms with van der Waals surface area (Å²) in [5.41, 5.74) is 1.54. The lowest BCUT2D eigenvalue weighted by molar-refractivity contribution is 0.245. The fourth-order valence-corrected chi connectivity index (χ4v) is 5.48. The maximum absolute atomic E-state index is 6.03. The van der Waals surface area contributed by atoms with Crippen LogP contribution >= 0.6 is 0 Å². The topological polar surface area (TPSA) is 9.23 Å². The van der Waals surface area contributed by atoms with Crippen LogP contribution in [-0.2, 0) is 0 Å². The van der Waals surface area contributed by atoms with E-state index in [9.17, 15) is 0 Å². The highest BCUT2D eigenvalue weighted by molar-refractivity contribution is 5.29. The van der Waals surface area contributed by atoms with Gasteiger partial charge in [-0.25, -0.2) is 0 Å². The predicted molar refractivity (Wildman–Crippen MR) is 121 cm³/mol. The first-order valence-corrected chi connectivity index (χ1v) is 12.5. The molecular formula is C27H44O. The van der Waals surface area contributed by atoms with Crippen molar-refractivity contribution in [3.05, 3.63) is 29.8 Å². The van der Waals surface area contributed by atoms with Gasteiger partial charge in [-0.2, -0.15) is 0 Å². The first kappa shape index (κ1) is 21.7. The molecule has 2 fully saturated rings. The van der Waals surface area contributed by atoms with Crippen LogP contribution in [0, 0.1) is 17.8 Å². The second kappa shape index (κ2) is 11.9. The molecule has 0 unspecified atom stereocenters. The van der Waals surface area contributed by atoms with Crippen molar-refractivity contribution in [3.63, 3.8) is 0 Å². The average Bonchev–Trinajstić information content (AvgIpc) is 2.74. The molecule has 0 aliphatic heterocycles. The van der Waals surface area contributed by atoms with Crippen LogP contribution in [0.2, 0.25) is 0 Å². The highest BCUT2D eigenvalue weighted by Gasteiger charge is 2.22. The Morgan fingerprint density at radius 3 is 2.00 bits per heavy atom. The largest absolute Gasteiger partial charge is 0.494 e. The standard InChI is InChI=1S/C27H44O/c1-3-4-5-7-23-13-15-25(16-14-23)26-17-19-27(20-18-26)28-21-6-8-24-11-9-22(2)10-12-24/h17-20,22-25H,3-16,21H2,1-2H3. The van der Waals surface area contributed by atoms with Crippen molar-refractivity contribution in [1.29, 1.82) is 0 Å². The summed E-state index contributed by atoms with van der Waals surface area (Å²) in [7, 11) is 0. The van der Waals surface area contributed by atoms with Gasteiger partial charge in [0.15, 0.2) is 0 Å². The van der Waals surface area contributed by atoms with E-state index in [1.165, 1.54) is 95.5 Å². The maximum atomic E-state index is 6.03. The van der Waals surface area contributed by atoms with E-state index < -0.39 is 0 Å². The van der Waals surface area contributed by atoms with Crippen LogP contribution in [0.15, 0.2) is 24.3 Å². The van der Waals surface area contributed by atoms with Gasteiger partial charge >= 0.3 is 0 Å². The van der Waals surface area contributed by atoms with E-state index in [1.54, 1.807) is 0 Å². The van der Waals surface area contributed by atoms with Crippen molar-refractivity contribution >= 4 is 0 Å². The molecule has 0 spiro atoms. The highest BCUT2D eigenvalue weighted by atomic mass is 16.5. The monoisotopic (exact) mass is 384 g/mol. The van der Waals surface area contributed by atoms with Gasteiger partial charge in [0.2, 0.25) is 0 Å². The van der Waals surface area contributed by atoms with Crippen molar-refractivity contribution in [2.45, 2.75) is 110 Å². The van der Waals surface area contributed by atoms with Crippen molar-refractivity contribution in [2.75, 3.05) is 6.61 Å². The van der Waals surface area contributed by atoms with E-state index in [4.69, 9.17) is 4.74 Å². The van der Waals surface area contributed by atoms with E-state index in [0.29, 0.717) is 0 Å². The van der Waals surface area contributed by atoms with Crippen LogP contribution in [0.4, 0.5) is 0 Å². The smallest absolute Gasteiger partial charge is 0.119 e. The molecule has 0 bridgehead atoms. The lowest BCUT2D eigenvalue weighted by Gasteiger charge is -2.29. The quantitative estimate of drug-likeness (QED) is 0.367. The van der Waals surface area contributed by atoms with Gasteiger partial charge in [0, 0.05) is 0 Å². The summed E-state index contributed by atoms with van der Waals surface area (Å²) < 4.78 is 6.03. The van der Waals surface area contributed by atoms with E-state index in [0.717, 1.165) is 36.0 Å². The molecule has 0 radical (unpaired) electrons. The third-order valence-corrected chi connectivity index (χ3v) is 7.58. The summed E-state index contributed by atoms with van der Waals surface area (Å²) >= 11 is 0. The number of rotatable bonds is 10. The molecule has 3 rings (SSSR count). The summed E-state index contributed by atoms with van der Waals surface area (Å²) in [6, 6.07) is 9.09. The minimum atomic E-state index is 0.783. The Morgan fingerprint density at radius 2 is 1.36 bits per heavy atom. The number of unbranched alkanes of at least 4 members (excludes halogenated alkanes) is 2. The molecule has 1 aromatic rings. The highest BCUT2D eigenvalue weighted by Crippen LogP contribution is 2.38. The van der Waals surface area contributed by atoms with Crippen LogP contribution in [-0.4, -0.2) is 6.61 Å². The van der Waals surface area contributed by atoms with E-state index in [-0.39, 0.29) is 0 Å². The summed E-state index contributed by atoms with van der Waals surface area (Å²) in [5, 5.41) is 0. The number of ether oxygens (including phenoxy) is 1. The van der Waals surface area contributed by atoms with Gasteiger partial charge in [0.05, 0.1) is 6.61 Å². The fraction of sp³-hybridized carbons (Fsp3) is 0.778. The lowest BCUT2D eigenvalue weighted by atomic mass is 9.77. The van der Waals surface area contributed by atoms with Crippen molar-refractivity contribution in [1.82, 2.24) is 0 Å². The normalized spacial score (nSPS) is 28.2. The Balaban J connectivity index is 1.31. The molecule has 0 heterocycles. The molecular weight excluding hydrogens is 340 g/mol. The number of hydrogen-bond donors (Lipinski definition) is 0. The number of hydrogen-bond acceptors (Lipinski definition) is 1. The molecule has 0 aromatic heterocycles. The van der Waals surface area contributed by atoms with Crippen molar-refractivity contribution < 1.29 is 4.74 Å². The molecule has 0 saturated heterocycles. The van der Waals surface area contributed by atoms with Crippen LogP contribution in [0.1, 0.15) is 115 Å². The Kier molecular flexibility index (Phi) is 9.22. The molecule has 1 nitrogen and oxygen atoms in total. The molecule has 1 aromatic carbocycles. The minimum absolute atomic E-state index is 0.783. The molecule has 2 saturated carbocycles. The van der Waals surface area contributed by atoms with Crippen molar-refractivity contribution in [2.24, 2.45) is 17.8 Å². The minimum Gasteiger partial charge on any atom is -0.494 e. The van der Waals surface area contributed by atoms with Crippen LogP contribution in [0.3, 0.4) is 0 Å². The van der Waals surface area contributed by atoms with Crippen LogP contribution < -0.4 is 4.74 Å². The van der Waals surface area contributed by atoms with Gasteiger partial charge in [0.1, 0.15) is 5.75 Å². The maximum Gasteiger partial charge on any atom is 0.119 e. The summed E-state index contributed by atoms with van der Waals surface area (Å²) in [5.74, 6) is 4.76. The van der Waals surface area contributed by atoms with Crippen LogP contribution in [0.25, 0.3) is 0 Å². The summed E-state index contributed by atoms with van der Waals surface area (Å²) in [6.45, 7) is 5.60. The third-order valence-electron chi connectivity index (χ3n) is 7.58. The zero-order chi connectivity index (χ0) is 19.6. The second-order valence-corrected chi connectivity index (χ2v) is 9.90. The van der Waals surface area contributed by atoms with Gasteiger partial charge < -0.3 is 4.74 Å². The van der Waals surface area contributed by atoms with E-state index >= 15 is 0 Å². The third kappa shape index (κ3) is 7.12. The molecule has 158 valence electrons. The molecule has 2 aliphatic rings. The Labute approximate surface area is 174 Å². The molecule has 0 amide bonds. The fourth-order valence-electron chi connectivity index (χ4n) is 5.48. The number of benzene rings is 1. The van der Waals surface area contributed by atoms with E-state index in [1.807, 2.05) is 0 Å². The lowest BCUT2D eigenvalue weighted by Crippen LogP contribution is -2.13. The summed E-state index contributed by atoms with van der Waals surface area (Å²) in [4.78, 5) is 0. The molecule has 0 N–H and O–H groups in total. The Hall–Kier alpha value is -0.980. The summed E-state index contributed by atoms with van der Waals surface area (Å²) in [6.07, 6.45) is 19.6. The van der Waals surface area contributed by atoms with Gasteiger partial charge in [-0.15, -0.1) is 0 Å². The average molecular weight is 385 g/mol. The first-order valence-electron chi connectivity index (χ1n) is 12.5. The Bertz CT molecular complexity index is 518. The van der Waals surface area contributed by atoms with Gasteiger partial charge in [0.25, 0.3) is 0 Å². The van der Waals surface area contributed by atoms with Gasteiger partial charge in [-0.05, 0) is 79.9 Å². The van der Waals surface area contributed by atoms with Crippen molar-refractivity contribution in [3.8, 4) is 5.75 Å². The molecule has 1 heteroatoms. The first-order chi connectivity index (χ1) is 13.7. The van der Waals surface area contributed by atoms with Gasteiger partial charge in [-0.3, -0.25) is 0 Å². The molecule has 2 aliphatic carbocycles. The molecule has 0 atom stereocenters. The zero-order valence-corrected chi connectivity index (χ0v) is 18.6. The zero-order valence-electron chi connectivity index (χ0n) is 18.6. The molecule has 28 heavy (non-hydrogen) atoms. The van der Waals surface area contributed by atoms with Crippen LogP contribution in [0.5, 0.6) is 5.75 Å². The second-order valence-electron chi connectivity index (χ2n) is 9.90. The predicted octanol–water partition coefficient (Wildman–Crippen LogP) is 8.53. The Morgan fingerprint density at radius 1 is 0.750 bits per heavy atom. The van der Waals surface area contributed by atoms with Gasteiger partial charge in [-0.1, -0.05) is 77.3 Å². The SMILES string of the molecule is CCCCCC1CCC(c2ccc(OCCCC3CCC(C)CC3)cc2)CC1.